The van der Waals surface area contributed by atoms with Gasteiger partial charge in [0.2, 0.25) is 16.0 Å². The van der Waals surface area contributed by atoms with Gasteiger partial charge >= 0.3 is 13.7 Å². The number of nitrogens with two attached hydrogens (primary N) is 1. The molecule has 252 valence electrons. The van der Waals surface area contributed by atoms with Gasteiger partial charge in [-0.1, -0.05) is 18.2 Å². The summed E-state index contributed by atoms with van der Waals surface area (Å²) in [5.74, 6) is -0.668. The molecule has 1 aromatic carbocycles. The number of ether oxygens (including phenoxy) is 2. The number of carbonyl (C=O) groups excluding carboxylic acids is 1. The van der Waals surface area contributed by atoms with Gasteiger partial charge in [-0.3, -0.25) is 18.9 Å². The summed E-state index contributed by atoms with van der Waals surface area (Å²) in [5.41, 5.74) is 4.10. The fraction of sp³-hybridized carbons (Fsp3) is 0.538. The number of anilines is 2. The molecule has 2 fully saturated rings. The average Bonchev–Trinajstić information content (AvgIpc) is 3.45. The summed E-state index contributed by atoms with van der Waals surface area (Å²) in [6.45, 7) is 2.22. The largest absolute Gasteiger partial charge is 0.461 e. The van der Waals surface area contributed by atoms with Crippen molar-refractivity contribution >= 4 is 46.7 Å². The van der Waals surface area contributed by atoms with Crippen molar-refractivity contribution in [2.75, 3.05) is 30.7 Å². The zero-order chi connectivity index (χ0) is 33.4. The number of esters is 1. The predicted octanol–water partition coefficient (Wildman–Crippen LogP) is 0.596. The Labute approximate surface area is 264 Å². The Kier molecular flexibility index (Phi) is 9.59. The van der Waals surface area contributed by atoms with Crippen LogP contribution in [0.2, 0.25) is 0 Å². The van der Waals surface area contributed by atoms with Crippen molar-refractivity contribution in [1.82, 2.24) is 29.4 Å². The summed E-state index contributed by atoms with van der Waals surface area (Å²) in [5, 5.41) is 26.2. The molecule has 2 aromatic heterocycles. The zero-order valence-corrected chi connectivity index (χ0v) is 27.2. The SMILES string of the molecule is CC(NP(=O)(OCC1OC(n2cnc3c(N(C)NS(C)(=O)=O)nc(N)nc32)[C@](C)(O)[C@@H]1O)Oc1ccccc1)C(=O)OC1CCC1. The van der Waals surface area contributed by atoms with Gasteiger partial charge in [-0.05, 0) is 45.2 Å². The molecule has 46 heavy (non-hydrogen) atoms. The summed E-state index contributed by atoms with van der Waals surface area (Å²) in [6.07, 6.45) is 0.310. The summed E-state index contributed by atoms with van der Waals surface area (Å²) in [7, 11) is -6.61. The molecule has 5 rings (SSSR count). The maximum absolute atomic E-state index is 14.0. The van der Waals surface area contributed by atoms with Crippen molar-refractivity contribution in [2.45, 2.75) is 69.3 Å². The Hall–Kier alpha value is -3.42. The molecule has 0 amide bonds. The second-order valence-corrected chi connectivity index (χ2v) is 14.8. The van der Waals surface area contributed by atoms with E-state index in [2.05, 4.69) is 24.9 Å². The van der Waals surface area contributed by atoms with Crippen molar-refractivity contribution in [1.29, 1.82) is 0 Å². The van der Waals surface area contributed by atoms with Crippen LogP contribution in [-0.2, 0) is 33.4 Å². The van der Waals surface area contributed by atoms with Crippen molar-refractivity contribution < 1.29 is 46.5 Å². The topological polar surface area (TPSA) is 243 Å². The van der Waals surface area contributed by atoms with E-state index in [9.17, 15) is 28.0 Å². The van der Waals surface area contributed by atoms with E-state index in [1.54, 1.807) is 30.3 Å². The number of hydrogen-bond acceptors (Lipinski definition) is 15. The third kappa shape index (κ3) is 7.42. The number of nitrogens with one attached hydrogen (secondary N) is 2. The first-order valence-corrected chi connectivity index (χ1v) is 17.7. The van der Waals surface area contributed by atoms with Gasteiger partial charge in [0, 0.05) is 7.05 Å². The molecule has 2 aliphatic rings. The van der Waals surface area contributed by atoms with Crippen LogP contribution >= 0.6 is 7.75 Å². The Balaban J connectivity index is 1.36. The maximum Gasteiger partial charge on any atom is 0.459 e. The molecule has 20 heteroatoms. The van der Waals surface area contributed by atoms with Gasteiger partial charge in [-0.2, -0.15) is 15.1 Å². The van der Waals surface area contributed by atoms with Crippen LogP contribution in [0, 0.1) is 0 Å². The van der Waals surface area contributed by atoms with Crippen LogP contribution < -0.4 is 25.2 Å². The Morgan fingerprint density at radius 3 is 2.63 bits per heavy atom. The number of hydrogen-bond donors (Lipinski definition) is 5. The number of nitrogens with zero attached hydrogens (tertiary/aromatic N) is 5. The van der Waals surface area contributed by atoms with E-state index in [0.717, 1.165) is 30.5 Å². The fourth-order valence-electron chi connectivity index (χ4n) is 4.92. The molecule has 1 saturated heterocycles. The third-order valence-corrected chi connectivity index (χ3v) is 9.72. The third-order valence-electron chi connectivity index (χ3n) is 7.47. The lowest BCUT2D eigenvalue weighted by molar-refractivity contribution is -0.154. The van der Waals surface area contributed by atoms with Crippen LogP contribution in [0.4, 0.5) is 11.8 Å². The van der Waals surface area contributed by atoms with E-state index >= 15 is 0 Å². The van der Waals surface area contributed by atoms with E-state index < -0.39 is 60.4 Å². The number of hydrazine groups is 1. The number of imidazole rings is 1. The van der Waals surface area contributed by atoms with Crippen LogP contribution in [-0.4, -0.2) is 94.0 Å². The molecular weight excluding hydrogens is 647 g/mol. The molecule has 1 saturated carbocycles. The van der Waals surface area contributed by atoms with Gasteiger partial charge in [-0.15, -0.1) is 4.83 Å². The number of aliphatic hydroxyl groups excluding tert-OH is 1. The first-order valence-electron chi connectivity index (χ1n) is 14.3. The average molecular weight is 685 g/mol. The summed E-state index contributed by atoms with van der Waals surface area (Å²) in [4.78, 5) is 27.4. The smallest absolute Gasteiger partial charge is 0.459 e. The van der Waals surface area contributed by atoms with Gasteiger partial charge in [-0.25, -0.2) is 18.0 Å². The molecule has 18 nitrogen and oxygen atoms in total. The molecule has 0 radical (unpaired) electrons. The highest BCUT2D eigenvalue weighted by molar-refractivity contribution is 7.88. The lowest BCUT2D eigenvalue weighted by Crippen LogP contribution is -2.44. The number of carbonyl (C=O) groups is 1. The van der Waals surface area contributed by atoms with Gasteiger partial charge in [0.15, 0.2) is 23.2 Å². The molecule has 6 atom stereocenters. The second-order valence-electron chi connectivity index (χ2n) is 11.4. The van der Waals surface area contributed by atoms with Crippen LogP contribution in [0.5, 0.6) is 5.75 Å². The first kappa shape index (κ1) is 33.9. The predicted molar refractivity (Wildman–Crippen MR) is 164 cm³/mol. The number of fused-ring (bicyclic) bond motifs is 1. The number of aliphatic hydroxyl groups is 2. The Morgan fingerprint density at radius 1 is 1.30 bits per heavy atom. The molecule has 3 aromatic rings. The standard InChI is InChI=1S/C26H37N8O10PS/c1-15(23(36)42-16-11-8-12-16)31-45(38,44-17-9-6-5-7-10-17)41-13-18-20(35)26(2,37)24(43-18)34-14-28-19-21(29-25(27)30-22(19)34)33(3)32-46(4,39)40/h5-7,9-10,14-16,18,20,24,32,35,37H,8,11-13H2,1-4H3,(H,31,38)(H2,27,29,30)/t15?,18?,20-,24?,26-,45?/m1/s1. The van der Waals surface area contributed by atoms with Gasteiger partial charge in [0.05, 0.1) is 19.2 Å². The number of benzene rings is 1. The first-order chi connectivity index (χ1) is 21.6. The van der Waals surface area contributed by atoms with Crippen LogP contribution in [0.1, 0.15) is 39.3 Å². The molecule has 4 unspecified atom stereocenters. The molecule has 3 heterocycles. The number of sulfonamides is 1. The van der Waals surface area contributed by atoms with Gasteiger partial charge in [0.25, 0.3) is 0 Å². The van der Waals surface area contributed by atoms with Crippen molar-refractivity contribution in [3.05, 3.63) is 36.7 Å². The Bertz CT molecular complexity index is 1720. The monoisotopic (exact) mass is 684 g/mol. The lowest BCUT2D eigenvalue weighted by Gasteiger charge is -2.28. The number of rotatable bonds is 13. The quantitative estimate of drug-likeness (QED) is 0.0940. The maximum atomic E-state index is 14.0. The highest BCUT2D eigenvalue weighted by Gasteiger charge is 2.54. The summed E-state index contributed by atoms with van der Waals surface area (Å²) in [6, 6.07) is 7.07. The highest BCUT2D eigenvalue weighted by Crippen LogP contribution is 2.47. The zero-order valence-electron chi connectivity index (χ0n) is 25.5. The lowest BCUT2D eigenvalue weighted by atomic mass is 9.96. The molecule has 1 aliphatic carbocycles. The minimum absolute atomic E-state index is 0.0137. The number of aromatic nitrogens is 4. The van der Waals surface area contributed by atoms with E-state index in [0.29, 0.717) is 0 Å². The van der Waals surface area contributed by atoms with Gasteiger partial charge in [0.1, 0.15) is 35.7 Å². The molecular formula is C26H37N8O10PS. The molecule has 1 aliphatic heterocycles. The number of para-hydroxylation sites is 1. The number of nitrogen functional groups attached to an aromatic ring is 1. The van der Waals surface area contributed by atoms with E-state index in [4.69, 9.17) is 24.3 Å². The van der Waals surface area contributed by atoms with Crippen molar-refractivity contribution in [3.63, 3.8) is 0 Å². The minimum Gasteiger partial charge on any atom is -0.461 e. The van der Waals surface area contributed by atoms with Gasteiger partial charge < -0.3 is 29.9 Å². The summed E-state index contributed by atoms with van der Waals surface area (Å²) >= 11 is 0. The van der Waals surface area contributed by atoms with E-state index in [1.165, 1.54) is 31.8 Å². The highest BCUT2D eigenvalue weighted by atomic mass is 32.2. The van der Waals surface area contributed by atoms with Crippen LogP contribution in [0.3, 0.4) is 0 Å². The normalized spacial score (nSPS) is 25.5. The molecule has 0 spiro atoms. The minimum atomic E-state index is -4.31. The van der Waals surface area contributed by atoms with Crippen molar-refractivity contribution in [2.24, 2.45) is 0 Å². The van der Waals surface area contributed by atoms with Crippen molar-refractivity contribution in [3.8, 4) is 5.75 Å². The Morgan fingerprint density at radius 2 is 2.00 bits per heavy atom. The van der Waals surface area contributed by atoms with Crippen LogP contribution in [0.25, 0.3) is 11.2 Å². The fourth-order valence-corrected chi connectivity index (χ4v) is 7.01. The molecule has 0 bridgehead atoms. The van der Waals surface area contributed by atoms with Crippen LogP contribution in [0.15, 0.2) is 36.7 Å². The van der Waals surface area contributed by atoms with E-state index in [1.807, 2.05) is 0 Å². The second kappa shape index (κ2) is 13.0. The summed E-state index contributed by atoms with van der Waals surface area (Å²) < 4.78 is 61.6. The molecule has 6 N–H and O–H groups in total. The van der Waals surface area contributed by atoms with E-state index in [-0.39, 0.29) is 34.8 Å².